The smallest absolute Gasteiger partial charge is 0.382 e. The van der Waals surface area contributed by atoms with Crippen LogP contribution >= 0.6 is 0 Å². The molecule has 1 fully saturated rings. The van der Waals surface area contributed by atoms with Crippen molar-refractivity contribution >= 4 is 15.5 Å². The SMILES string of the molecule is NCC1CCCC1Nc1ccc(S(=O)(=O)C(F)(F)F)cc1. The Labute approximate surface area is 121 Å². The van der Waals surface area contributed by atoms with Crippen molar-refractivity contribution in [3.05, 3.63) is 24.3 Å². The van der Waals surface area contributed by atoms with E-state index in [9.17, 15) is 21.6 Å². The molecule has 118 valence electrons. The molecule has 8 heteroatoms. The summed E-state index contributed by atoms with van der Waals surface area (Å²) < 4.78 is 59.8. The normalized spacial score (nSPS) is 23.2. The maximum Gasteiger partial charge on any atom is 0.501 e. The molecule has 21 heavy (non-hydrogen) atoms. The number of rotatable bonds is 4. The number of hydrogen-bond acceptors (Lipinski definition) is 4. The molecule has 1 aromatic rings. The average Bonchev–Trinajstić information content (AvgIpc) is 2.85. The van der Waals surface area contributed by atoms with Gasteiger partial charge in [0.25, 0.3) is 9.84 Å². The topological polar surface area (TPSA) is 72.2 Å². The van der Waals surface area contributed by atoms with E-state index in [1.54, 1.807) is 0 Å². The zero-order valence-electron chi connectivity index (χ0n) is 11.2. The summed E-state index contributed by atoms with van der Waals surface area (Å²) in [6.07, 6.45) is 3.03. The highest BCUT2D eigenvalue weighted by molar-refractivity contribution is 7.92. The molecule has 0 aromatic heterocycles. The van der Waals surface area contributed by atoms with E-state index >= 15 is 0 Å². The quantitative estimate of drug-likeness (QED) is 0.893. The maximum absolute atomic E-state index is 12.4. The highest BCUT2D eigenvalue weighted by atomic mass is 32.2. The van der Waals surface area contributed by atoms with Crippen LogP contribution in [0.2, 0.25) is 0 Å². The Bertz CT molecular complexity index is 584. The summed E-state index contributed by atoms with van der Waals surface area (Å²) in [6, 6.07) is 4.82. The standard InChI is InChI=1S/C13H17F3N2O2S/c14-13(15,16)21(19,20)11-6-4-10(5-7-11)18-12-3-1-2-9(12)8-17/h4-7,9,12,18H,1-3,8,17H2. The van der Waals surface area contributed by atoms with Crippen molar-refractivity contribution in [1.29, 1.82) is 0 Å². The summed E-state index contributed by atoms with van der Waals surface area (Å²) in [5.74, 6) is 0.337. The van der Waals surface area contributed by atoms with E-state index in [4.69, 9.17) is 5.73 Å². The number of nitrogens with two attached hydrogens (primary N) is 1. The predicted molar refractivity (Wildman–Crippen MR) is 73.5 cm³/mol. The lowest BCUT2D eigenvalue weighted by Crippen LogP contribution is -2.29. The third-order valence-corrected chi connectivity index (χ3v) is 5.29. The van der Waals surface area contributed by atoms with Gasteiger partial charge in [0.1, 0.15) is 0 Å². The largest absolute Gasteiger partial charge is 0.501 e. The molecule has 0 heterocycles. The van der Waals surface area contributed by atoms with Gasteiger partial charge in [-0.2, -0.15) is 13.2 Å². The van der Waals surface area contributed by atoms with Gasteiger partial charge >= 0.3 is 5.51 Å². The van der Waals surface area contributed by atoms with Crippen molar-refractivity contribution in [2.75, 3.05) is 11.9 Å². The highest BCUT2D eigenvalue weighted by Gasteiger charge is 2.46. The molecule has 2 atom stereocenters. The van der Waals surface area contributed by atoms with Gasteiger partial charge in [-0.3, -0.25) is 0 Å². The second-order valence-electron chi connectivity index (χ2n) is 5.15. The Morgan fingerprint density at radius 1 is 1.19 bits per heavy atom. The summed E-state index contributed by atoms with van der Waals surface area (Å²) in [7, 11) is -5.28. The summed E-state index contributed by atoms with van der Waals surface area (Å²) in [5.41, 5.74) is 0.981. The molecule has 4 nitrogen and oxygen atoms in total. The van der Waals surface area contributed by atoms with Gasteiger partial charge in [0, 0.05) is 11.7 Å². The first kappa shape index (κ1) is 16.1. The van der Waals surface area contributed by atoms with Gasteiger partial charge in [-0.05, 0) is 49.6 Å². The minimum Gasteiger partial charge on any atom is -0.382 e. The number of sulfone groups is 1. The number of alkyl halides is 3. The van der Waals surface area contributed by atoms with E-state index < -0.39 is 20.2 Å². The Morgan fingerprint density at radius 3 is 2.33 bits per heavy atom. The molecular formula is C13H17F3N2O2S. The molecule has 3 N–H and O–H groups in total. The first-order chi connectivity index (χ1) is 9.75. The van der Waals surface area contributed by atoms with E-state index in [2.05, 4.69) is 5.32 Å². The molecule has 0 saturated heterocycles. The molecule has 1 aliphatic rings. The summed E-state index contributed by atoms with van der Waals surface area (Å²) in [4.78, 5) is -0.748. The molecule has 0 radical (unpaired) electrons. The first-order valence-electron chi connectivity index (χ1n) is 6.63. The van der Waals surface area contributed by atoms with Gasteiger partial charge < -0.3 is 11.1 Å². The minimum absolute atomic E-state index is 0.181. The molecule has 0 aliphatic heterocycles. The highest BCUT2D eigenvalue weighted by Crippen LogP contribution is 2.32. The number of nitrogens with one attached hydrogen (secondary N) is 1. The zero-order chi connectivity index (χ0) is 15.7. The summed E-state index contributed by atoms with van der Waals surface area (Å²) in [6.45, 7) is 0.554. The van der Waals surface area contributed by atoms with E-state index in [1.807, 2.05) is 0 Å². The van der Waals surface area contributed by atoms with E-state index in [0.717, 1.165) is 31.4 Å². The van der Waals surface area contributed by atoms with Crippen LogP contribution in [0.3, 0.4) is 0 Å². The molecule has 2 rings (SSSR count). The van der Waals surface area contributed by atoms with Crippen molar-refractivity contribution in [2.45, 2.75) is 35.7 Å². The molecule has 1 aromatic carbocycles. The van der Waals surface area contributed by atoms with Crippen LogP contribution in [0.4, 0.5) is 18.9 Å². The molecule has 1 aliphatic carbocycles. The van der Waals surface area contributed by atoms with Gasteiger partial charge in [0.15, 0.2) is 0 Å². The molecule has 1 saturated carbocycles. The number of anilines is 1. The Balaban J connectivity index is 2.13. The third kappa shape index (κ3) is 3.32. The lowest BCUT2D eigenvalue weighted by Gasteiger charge is -2.20. The third-order valence-electron chi connectivity index (χ3n) is 3.78. The van der Waals surface area contributed by atoms with Crippen molar-refractivity contribution in [2.24, 2.45) is 11.7 Å². The zero-order valence-corrected chi connectivity index (χ0v) is 12.0. The van der Waals surface area contributed by atoms with Gasteiger partial charge in [0.05, 0.1) is 4.90 Å². The fourth-order valence-electron chi connectivity index (χ4n) is 2.59. The number of benzene rings is 1. The Morgan fingerprint density at radius 2 is 1.81 bits per heavy atom. The van der Waals surface area contributed by atoms with Gasteiger partial charge in [0.2, 0.25) is 0 Å². The van der Waals surface area contributed by atoms with Crippen molar-refractivity contribution < 1.29 is 21.6 Å². The van der Waals surface area contributed by atoms with Crippen LogP contribution in [0.5, 0.6) is 0 Å². The Hall–Kier alpha value is -1.28. The van der Waals surface area contributed by atoms with E-state index in [0.29, 0.717) is 18.2 Å². The second-order valence-corrected chi connectivity index (χ2v) is 7.09. The molecule has 0 spiro atoms. The molecule has 0 bridgehead atoms. The average molecular weight is 322 g/mol. The van der Waals surface area contributed by atoms with Crippen LogP contribution in [0.25, 0.3) is 0 Å². The van der Waals surface area contributed by atoms with Gasteiger partial charge in [-0.25, -0.2) is 8.42 Å². The van der Waals surface area contributed by atoms with Crippen LogP contribution in [-0.4, -0.2) is 26.5 Å². The van der Waals surface area contributed by atoms with Crippen molar-refractivity contribution in [1.82, 2.24) is 0 Å². The maximum atomic E-state index is 12.4. The number of hydrogen-bond donors (Lipinski definition) is 2. The molecular weight excluding hydrogens is 305 g/mol. The van der Waals surface area contributed by atoms with Crippen LogP contribution in [-0.2, 0) is 9.84 Å². The van der Waals surface area contributed by atoms with E-state index in [1.165, 1.54) is 12.1 Å². The monoisotopic (exact) mass is 322 g/mol. The summed E-state index contributed by atoms with van der Waals surface area (Å²) in [5, 5.41) is 3.20. The number of halogens is 3. The second kappa shape index (κ2) is 5.84. The van der Waals surface area contributed by atoms with Crippen LogP contribution < -0.4 is 11.1 Å². The lowest BCUT2D eigenvalue weighted by molar-refractivity contribution is -0.0436. The summed E-state index contributed by atoms with van der Waals surface area (Å²) >= 11 is 0. The predicted octanol–water partition coefficient (Wildman–Crippen LogP) is 2.52. The van der Waals surface area contributed by atoms with Gasteiger partial charge in [-0.1, -0.05) is 6.42 Å². The molecule has 0 amide bonds. The minimum atomic E-state index is -5.28. The first-order valence-corrected chi connectivity index (χ1v) is 8.12. The van der Waals surface area contributed by atoms with Crippen LogP contribution in [0, 0.1) is 5.92 Å². The van der Waals surface area contributed by atoms with Crippen molar-refractivity contribution in [3.63, 3.8) is 0 Å². The molecule has 2 unspecified atom stereocenters. The lowest BCUT2D eigenvalue weighted by atomic mass is 10.0. The van der Waals surface area contributed by atoms with Gasteiger partial charge in [-0.15, -0.1) is 0 Å². The van der Waals surface area contributed by atoms with Crippen molar-refractivity contribution in [3.8, 4) is 0 Å². The van der Waals surface area contributed by atoms with Crippen LogP contribution in [0.15, 0.2) is 29.2 Å². The fraction of sp³-hybridized carbons (Fsp3) is 0.538. The van der Waals surface area contributed by atoms with E-state index in [-0.39, 0.29) is 6.04 Å². The fourth-order valence-corrected chi connectivity index (χ4v) is 3.35. The Kier molecular flexibility index (Phi) is 4.48. The van der Waals surface area contributed by atoms with Crippen LogP contribution in [0.1, 0.15) is 19.3 Å².